The average molecular weight is 447 g/mol. The van der Waals surface area contributed by atoms with Crippen LogP contribution in [0.1, 0.15) is 5.69 Å². The minimum Gasteiger partial charge on any atom is -0.480 e. The number of pyridine rings is 2. The van der Waals surface area contributed by atoms with E-state index in [4.69, 9.17) is 14.2 Å². The van der Waals surface area contributed by atoms with Gasteiger partial charge in [-0.2, -0.15) is 10.1 Å². The smallest absolute Gasteiger partial charge is 0.227 e. The lowest BCUT2D eigenvalue weighted by Gasteiger charge is -2.12. The predicted octanol–water partition coefficient (Wildman–Crippen LogP) is 3.50. The molecule has 0 unspecified atom stereocenters. The lowest BCUT2D eigenvalue weighted by Crippen LogP contribution is -2.10. The molecule has 33 heavy (non-hydrogen) atoms. The minimum atomic E-state index is 0.431. The Hall–Kier alpha value is -4.05. The Morgan fingerprint density at radius 1 is 1.03 bits per heavy atom. The van der Waals surface area contributed by atoms with Gasteiger partial charge in [0.2, 0.25) is 11.8 Å². The van der Waals surface area contributed by atoms with Gasteiger partial charge >= 0.3 is 0 Å². The summed E-state index contributed by atoms with van der Waals surface area (Å²) in [6.07, 6.45) is 7.06. The number of aryl methyl sites for hydroxylation is 2. The molecule has 0 bridgehead atoms. The van der Waals surface area contributed by atoms with Crippen LogP contribution in [-0.4, -0.2) is 57.1 Å². The number of nitrogens with zero attached hydrogens (tertiary/aromatic N) is 6. The summed E-state index contributed by atoms with van der Waals surface area (Å²) in [5, 5.41) is 7.28. The fourth-order valence-corrected chi connectivity index (χ4v) is 3.17. The number of hydrogen-bond acceptors (Lipinski definition) is 9. The molecule has 0 spiro atoms. The quantitative estimate of drug-likeness (QED) is 0.386. The second kappa shape index (κ2) is 10.0. The van der Waals surface area contributed by atoms with Crippen LogP contribution in [0.2, 0.25) is 0 Å². The molecule has 0 atom stereocenters. The van der Waals surface area contributed by atoms with Crippen molar-refractivity contribution in [2.45, 2.75) is 6.92 Å². The van der Waals surface area contributed by atoms with Crippen LogP contribution in [0, 0.1) is 6.92 Å². The topological polar surface area (TPSA) is 109 Å². The molecule has 4 aromatic heterocycles. The molecule has 0 saturated heterocycles. The van der Waals surface area contributed by atoms with Crippen LogP contribution >= 0.6 is 0 Å². The Balaban J connectivity index is 1.54. The summed E-state index contributed by atoms with van der Waals surface area (Å²) >= 11 is 0. The van der Waals surface area contributed by atoms with Gasteiger partial charge in [-0.05, 0) is 25.1 Å². The zero-order valence-electron chi connectivity index (χ0n) is 18.9. The van der Waals surface area contributed by atoms with E-state index in [1.807, 2.05) is 38.4 Å². The van der Waals surface area contributed by atoms with Gasteiger partial charge in [0.25, 0.3) is 0 Å². The summed E-state index contributed by atoms with van der Waals surface area (Å²) in [6.45, 7) is 3.03. The first kappa shape index (κ1) is 22.2. The van der Waals surface area contributed by atoms with Gasteiger partial charge in [-0.1, -0.05) is 0 Å². The van der Waals surface area contributed by atoms with Gasteiger partial charge in [-0.25, -0.2) is 9.97 Å². The van der Waals surface area contributed by atoms with E-state index >= 15 is 0 Å². The number of ether oxygens (including phenoxy) is 3. The number of hydrogen-bond donors (Lipinski definition) is 1. The van der Waals surface area contributed by atoms with Gasteiger partial charge in [0, 0.05) is 50.9 Å². The third-order valence-electron chi connectivity index (χ3n) is 4.81. The van der Waals surface area contributed by atoms with Crippen LogP contribution in [-0.2, 0) is 11.8 Å². The summed E-state index contributed by atoms with van der Waals surface area (Å²) in [7, 11) is 5.08. The molecule has 4 aromatic rings. The Morgan fingerprint density at radius 3 is 2.64 bits per heavy atom. The standard InChI is InChI=1S/C23H25N7O3/c1-15-21(33-17-7-8-24-20(11-17)16-12-27-30(2)14-16)6-5-19(28-15)18-13-26-23(25-9-10-31-3)29-22(18)32-4/h5-8,11-14H,9-10H2,1-4H3,(H,25,26,29). The van der Waals surface area contributed by atoms with E-state index in [0.717, 1.165) is 17.0 Å². The number of methoxy groups -OCH3 is 2. The number of rotatable bonds is 9. The van der Waals surface area contributed by atoms with E-state index in [9.17, 15) is 0 Å². The van der Waals surface area contributed by atoms with Crippen LogP contribution in [0.3, 0.4) is 0 Å². The molecule has 0 aliphatic carbocycles. The van der Waals surface area contributed by atoms with Gasteiger partial charge in [0.05, 0.1) is 42.6 Å². The van der Waals surface area contributed by atoms with E-state index in [0.29, 0.717) is 47.7 Å². The molecule has 10 nitrogen and oxygen atoms in total. The van der Waals surface area contributed by atoms with Gasteiger partial charge < -0.3 is 19.5 Å². The number of nitrogens with one attached hydrogen (secondary N) is 1. The van der Waals surface area contributed by atoms with E-state index in [1.165, 1.54) is 0 Å². The molecular formula is C23H25N7O3. The van der Waals surface area contributed by atoms with Crippen molar-refractivity contribution in [3.8, 4) is 39.9 Å². The molecule has 0 fully saturated rings. The van der Waals surface area contributed by atoms with E-state index < -0.39 is 0 Å². The summed E-state index contributed by atoms with van der Waals surface area (Å²) in [4.78, 5) is 17.9. The SMILES string of the molecule is COCCNc1ncc(-c2ccc(Oc3ccnc(-c4cnn(C)c4)c3)c(C)n2)c(OC)n1. The minimum absolute atomic E-state index is 0.431. The molecule has 0 radical (unpaired) electrons. The van der Waals surface area contributed by atoms with Crippen molar-refractivity contribution in [1.82, 2.24) is 29.7 Å². The normalized spacial score (nSPS) is 10.8. The molecule has 0 saturated carbocycles. The maximum Gasteiger partial charge on any atom is 0.227 e. The maximum atomic E-state index is 6.09. The summed E-state index contributed by atoms with van der Waals surface area (Å²) in [6, 6.07) is 7.40. The molecule has 0 aliphatic heterocycles. The molecule has 0 aromatic carbocycles. The molecule has 170 valence electrons. The highest BCUT2D eigenvalue weighted by Crippen LogP contribution is 2.31. The Morgan fingerprint density at radius 2 is 1.91 bits per heavy atom. The second-order valence-corrected chi connectivity index (χ2v) is 7.20. The third kappa shape index (κ3) is 5.24. The van der Waals surface area contributed by atoms with Crippen molar-refractivity contribution in [1.29, 1.82) is 0 Å². The highest BCUT2D eigenvalue weighted by Gasteiger charge is 2.14. The van der Waals surface area contributed by atoms with Crippen molar-refractivity contribution in [2.75, 3.05) is 32.7 Å². The van der Waals surface area contributed by atoms with Crippen LogP contribution in [0.25, 0.3) is 22.5 Å². The number of aromatic nitrogens is 6. The summed E-state index contributed by atoms with van der Waals surface area (Å²) in [5.41, 5.74) is 3.79. The van der Waals surface area contributed by atoms with E-state index in [1.54, 1.807) is 43.6 Å². The highest BCUT2D eigenvalue weighted by molar-refractivity contribution is 5.66. The van der Waals surface area contributed by atoms with Crippen LogP contribution in [0.5, 0.6) is 17.4 Å². The summed E-state index contributed by atoms with van der Waals surface area (Å²) in [5.74, 6) is 2.20. The van der Waals surface area contributed by atoms with Gasteiger partial charge in [0.15, 0.2) is 0 Å². The van der Waals surface area contributed by atoms with Gasteiger partial charge in [-0.15, -0.1) is 0 Å². The van der Waals surface area contributed by atoms with Gasteiger partial charge in [0.1, 0.15) is 11.5 Å². The van der Waals surface area contributed by atoms with E-state index in [2.05, 4.69) is 30.4 Å². The van der Waals surface area contributed by atoms with E-state index in [-0.39, 0.29) is 0 Å². The second-order valence-electron chi connectivity index (χ2n) is 7.20. The fraction of sp³-hybridized carbons (Fsp3) is 0.261. The largest absolute Gasteiger partial charge is 0.480 e. The lowest BCUT2D eigenvalue weighted by molar-refractivity contribution is 0.210. The van der Waals surface area contributed by atoms with Crippen LogP contribution < -0.4 is 14.8 Å². The molecule has 10 heteroatoms. The van der Waals surface area contributed by atoms with Crippen LogP contribution in [0.15, 0.2) is 49.1 Å². The zero-order valence-corrected chi connectivity index (χ0v) is 18.9. The van der Waals surface area contributed by atoms with Crippen LogP contribution in [0.4, 0.5) is 5.95 Å². The first-order chi connectivity index (χ1) is 16.1. The average Bonchev–Trinajstić information content (AvgIpc) is 3.27. The first-order valence-corrected chi connectivity index (χ1v) is 10.3. The third-order valence-corrected chi connectivity index (χ3v) is 4.81. The monoisotopic (exact) mass is 447 g/mol. The van der Waals surface area contributed by atoms with Crippen molar-refractivity contribution in [3.05, 3.63) is 54.7 Å². The Labute approximate surface area is 191 Å². The molecule has 4 rings (SSSR count). The van der Waals surface area contributed by atoms with Gasteiger partial charge in [-0.3, -0.25) is 9.67 Å². The van der Waals surface area contributed by atoms with Crippen molar-refractivity contribution >= 4 is 5.95 Å². The summed E-state index contributed by atoms with van der Waals surface area (Å²) < 4.78 is 18.3. The Kier molecular flexibility index (Phi) is 6.75. The fourth-order valence-electron chi connectivity index (χ4n) is 3.17. The molecule has 0 amide bonds. The highest BCUT2D eigenvalue weighted by atomic mass is 16.5. The molecule has 0 aliphatic rings. The zero-order chi connectivity index (χ0) is 23.2. The Bertz CT molecular complexity index is 1240. The molecule has 1 N–H and O–H groups in total. The molecular weight excluding hydrogens is 422 g/mol. The number of anilines is 1. The van der Waals surface area contributed by atoms with Crippen molar-refractivity contribution < 1.29 is 14.2 Å². The van der Waals surface area contributed by atoms with Crippen molar-refractivity contribution in [2.24, 2.45) is 7.05 Å². The van der Waals surface area contributed by atoms with Crippen molar-refractivity contribution in [3.63, 3.8) is 0 Å². The maximum absolute atomic E-state index is 6.09. The molecule has 4 heterocycles. The lowest BCUT2D eigenvalue weighted by atomic mass is 10.2. The first-order valence-electron chi connectivity index (χ1n) is 10.3. The predicted molar refractivity (Wildman–Crippen MR) is 123 cm³/mol.